The van der Waals surface area contributed by atoms with Gasteiger partial charge in [0.25, 0.3) is 0 Å². The predicted octanol–water partition coefficient (Wildman–Crippen LogP) is 6.97. The molecule has 0 bridgehead atoms. The van der Waals surface area contributed by atoms with Crippen molar-refractivity contribution in [1.29, 1.82) is 0 Å². The maximum Gasteiger partial charge on any atom is 0.420 e. The molecule has 0 aliphatic heterocycles. The average Bonchev–Trinajstić information content (AvgIpc) is 3.29. The Bertz CT molecular complexity index is 1240. The lowest BCUT2D eigenvalue weighted by atomic mass is 10.1. The summed E-state index contributed by atoms with van der Waals surface area (Å²) in [6.07, 6.45) is -2.59. The molecule has 0 atom stereocenters. The molecule has 0 unspecified atom stereocenters. The molecule has 0 fully saturated rings. The SMILES string of the molecule is CC(C)Cc1cc(OC(=O)Nc2nc3ccccc3s2)n(Cc2cccc(C(F)(F)F)c2)c1. The van der Waals surface area contributed by atoms with Crippen LogP contribution in [0.1, 0.15) is 30.5 Å². The molecule has 4 aromatic rings. The second kappa shape index (κ2) is 9.27. The van der Waals surface area contributed by atoms with Crippen LogP contribution in [0.15, 0.2) is 60.8 Å². The molecule has 1 N–H and O–H groups in total. The number of para-hydroxylation sites is 1. The van der Waals surface area contributed by atoms with Crippen LogP contribution in [0, 0.1) is 5.92 Å². The highest BCUT2D eigenvalue weighted by Crippen LogP contribution is 2.30. The van der Waals surface area contributed by atoms with E-state index in [2.05, 4.69) is 24.1 Å². The van der Waals surface area contributed by atoms with Gasteiger partial charge in [0.05, 0.1) is 22.3 Å². The minimum Gasteiger partial charge on any atom is -0.393 e. The van der Waals surface area contributed by atoms with Crippen LogP contribution in [-0.2, 0) is 19.1 Å². The Kier molecular flexibility index (Phi) is 6.42. The number of hydrogen-bond acceptors (Lipinski definition) is 4. The largest absolute Gasteiger partial charge is 0.420 e. The van der Waals surface area contributed by atoms with Gasteiger partial charge < -0.3 is 9.30 Å². The monoisotopic (exact) mass is 473 g/mol. The minimum atomic E-state index is -4.42. The molecule has 33 heavy (non-hydrogen) atoms. The molecular weight excluding hydrogens is 451 g/mol. The molecule has 2 aromatic carbocycles. The summed E-state index contributed by atoms with van der Waals surface area (Å²) >= 11 is 1.32. The van der Waals surface area contributed by atoms with E-state index in [1.54, 1.807) is 22.9 Å². The van der Waals surface area contributed by atoms with Crippen LogP contribution >= 0.6 is 11.3 Å². The smallest absolute Gasteiger partial charge is 0.393 e. The summed E-state index contributed by atoms with van der Waals surface area (Å²) < 4.78 is 47.4. The number of alkyl halides is 3. The fourth-order valence-electron chi connectivity index (χ4n) is 3.51. The first-order valence-electron chi connectivity index (χ1n) is 10.4. The van der Waals surface area contributed by atoms with Gasteiger partial charge in [0.2, 0.25) is 5.88 Å². The molecular formula is C24H22F3N3O2S. The average molecular weight is 474 g/mol. The van der Waals surface area contributed by atoms with E-state index >= 15 is 0 Å². The Labute approximate surface area is 192 Å². The highest BCUT2D eigenvalue weighted by molar-refractivity contribution is 7.22. The lowest BCUT2D eigenvalue weighted by molar-refractivity contribution is -0.137. The second-order valence-electron chi connectivity index (χ2n) is 8.11. The molecule has 2 heterocycles. The molecule has 2 aromatic heterocycles. The molecule has 172 valence electrons. The zero-order valence-electron chi connectivity index (χ0n) is 18.0. The van der Waals surface area contributed by atoms with Gasteiger partial charge >= 0.3 is 12.3 Å². The number of nitrogens with zero attached hydrogens (tertiary/aromatic N) is 2. The van der Waals surface area contributed by atoms with E-state index in [1.165, 1.54) is 17.4 Å². The van der Waals surface area contributed by atoms with Crippen LogP contribution in [-0.4, -0.2) is 15.6 Å². The van der Waals surface area contributed by atoms with Crippen LogP contribution in [0.25, 0.3) is 10.2 Å². The van der Waals surface area contributed by atoms with E-state index in [1.807, 2.05) is 24.3 Å². The fraction of sp³-hybridized carbons (Fsp3) is 0.250. The van der Waals surface area contributed by atoms with E-state index in [4.69, 9.17) is 4.74 Å². The third-order valence-corrected chi connectivity index (χ3v) is 5.82. The Balaban J connectivity index is 1.55. The highest BCUT2D eigenvalue weighted by atomic mass is 32.1. The zero-order valence-corrected chi connectivity index (χ0v) is 18.8. The molecule has 0 aliphatic rings. The molecule has 5 nitrogen and oxygen atoms in total. The van der Waals surface area contributed by atoms with Gasteiger partial charge in [-0.25, -0.2) is 9.78 Å². The number of benzene rings is 2. The number of thiazole rings is 1. The van der Waals surface area contributed by atoms with E-state index in [-0.39, 0.29) is 12.4 Å². The Morgan fingerprint density at radius 1 is 1.12 bits per heavy atom. The van der Waals surface area contributed by atoms with Crippen LogP contribution < -0.4 is 10.1 Å². The van der Waals surface area contributed by atoms with Crippen molar-refractivity contribution in [2.24, 2.45) is 5.92 Å². The first-order chi connectivity index (χ1) is 15.7. The fourth-order valence-corrected chi connectivity index (χ4v) is 4.36. The summed E-state index contributed by atoms with van der Waals surface area (Å²) in [4.78, 5) is 16.9. The highest BCUT2D eigenvalue weighted by Gasteiger charge is 2.30. The van der Waals surface area contributed by atoms with Crippen molar-refractivity contribution >= 4 is 32.8 Å². The first kappa shape index (κ1) is 22.8. The van der Waals surface area contributed by atoms with E-state index < -0.39 is 17.8 Å². The van der Waals surface area contributed by atoms with Crippen LogP contribution in [0.2, 0.25) is 0 Å². The minimum absolute atomic E-state index is 0.131. The number of hydrogen-bond donors (Lipinski definition) is 1. The van der Waals surface area contributed by atoms with Crippen LogP contribution in [0.4, 0.5) is 23.1 Å². The molecule has 0 saturated carbocycles. The van der Waals surface area contributed by atoms with E-state index in [0.29, 0.717) is 16.6 Å². The van der Waals surface area contributed by atoms with Gasteiger partial charge in [-0.1, -0.05) is 49.4 Å². The topological polar surface area (TPSA) is 56.1 Å². The van der Waals surface area contributed by atoms with Crippen molar-refractivity contribution in [3.05, 3.63) is 77.5 Å². The number of ether oxygens (including phenoxy) is 1. The summed E-state index contributed by atoms with van der Waals surface area (Å²) in [5.74, 6) is 0.612. The lowest BCUT2D eigenvalue weighted by Gasteiger charge is -2.12. The number of fused-ring (bicyclic) bond motifs is 1. The van der Waals surface area contributed by atoms with Gasteiger partial charge in [-0.2, -0.15) is 13.2 Å². The number of rotatable bonds is 6. The summed E-state index contributed by atoms with van der Waals surface area (Å²) in [5.41, 5.74) is 1.43. The quantitative estimate of drug-likeness (QED) is 0.329. The third kappa shape index (κ3) is 5.73. The number of aromatic nitrogens is 2. The van der Waals surface area contributed by atoms with Gasteiger partial charge in [0.1, 0.15) is 0 Å². The Morgan fingerprint density at radius 3 is 2.64 bits per heavy atom. The second-order valence-corrected chi connectivity index (χ2v) is 9.14. The summed E-state index contributed by atoms with van der Waals surface area (Å²) in [5, 5.41) is 3.04. The Hall–Kier alpha value is -3.33. The van der Waals surface area contributed by atoms with Gasteiger partial charge in [-0.3, -0.25) is 5.32 Å². The molecule has 4 rings (SSSR count). The van der Waals surface area contributed by atoms with E-state index in [9.17, 15) is 18.0 Å². The number of nitrogens with one attached hydrogen (secondary N) is 1. The molecule has 0 aliphatic carbocycles. The van der Waals surface area contributed by atoms with E-state index in [0.717, 1.165) is 34.3 Å². The normalized spacial score (nSPS) is 11.8. The first-order valence-corrected chi connectivity index (χ1v) is 11.2. The standard InChI is InChI=1S/C24H22F3N3O2S/c1-15(2)10-17-12-21(30(14-17)13-16-6-5-7-18(11-16)24(25,26)27)32-23(31)29-22-28-19-8-3-4-9-20(19)33-22/h3-9,11-12,14-15H,10,13H2,1-2H3,(H,28,29,31). The molecule has 1 amide bonds. The number of carbonyl (C=O) groups excluding carboxylic acids is 1. The summed E-state index contributed by atoms with van der Waals surface area (Å²) in [6, 6.07) is 14.4. The van der Waals surface area contributed by atoms with Crippen molar-refractivity contribution in [3.63, 3.8) is 0 Å². The number of carbonyl (C=O) groups is 1. The maximum atomic E-state index is 13.1. The van der Waals surface area contributed by atoms with Crippen molar-refractivity contribution in [3.8, 4) is 5.88 Å². The third-order valence-electron chi connectivity index (χ3n) is 4.86. The van der Waals surface area contributed by atoms with Gasteiger partial charge in [0, 0.05) is 12.3 Å². The van der Waals surface area contributed by atoms with Crippen LogP contribution in [0.5, 0.6) is 5.88 Å². The van der Waals surface area contributed by atoms with Crippen molar-refractivity contribution < 1.29 is 22.7 Å². The number of amides is 1. The van der Waals surface area contributed by atoms with Crippen molar-refractivity contribution in [1.82, 2.24) is 9.55 Å². The lowest BCUT2D eigenvalue weighted by Crippen LogP contribution is -2.18. The van der Waals surface area contributed by atoms with Crippen molar-refractivity contribution in [2.45, 2.75) is 33.0 Å². The van der Waals surface area contributed by atoms with Gasteiger partial charge in [0.15, 0.2) is 5.13 Å². The zero-order chi connectivity index (χ0) is 23.6. The van der Waals surface area contributed by atoms with Gasteiger partial charge in [-0.15, -0.1) is 0 Å². The van der Waals surface area contributed by atoms with Crippen LogP contribution in [0.3, 0.4) is 0 Å². The molecule has 0 spiro atoms. The summed E-state index contributed by atoms with van der Waals surface area (Å²) in [6.45, 7) is 4.25. The molecule has 9 heteroatoms. The summed E-state index contributed by atoms with van der Waals surface area (Å²) in [7, 11) is 0. The number of halogens is 3. The maximum absolute atomic E-state index is 13.1. The van der Waals surface area contributed by atoms with Crippen molar-refractivity contribution in [2.75, 3.05) is 5.32 Å². The molecule has 0 saturated heterocycles. The number of anilines is 1. The Morgan fingerprint density at radius 2 is 1.91 bits per heavy atom. The predicted molar refractivity (Wildman–Crippen MR) is 123 cm³/mol. The molecule has 0 radical (unpaired) electrons. The van der Waals surface area contributed by atoms with Gasteiger partial charge in [-0.05, 0) is 47.7 Å².